The molecule has 0 aliphatic heterocycles. The summed E-state index contributed by atoms with van der Waals surface area (Å²) in [4.78, 5) is 0. The number of benzene rings is 2. The van der Waals surface area contributed by atoms with Crippen LogP contribution in [0.25, 0.3) is 0 Å². The summed E-state index contributed by atoms with van der Waals surface area (Å²) in [5.41, 5.74) is 5.29. The van der Waals surface area contributed by atoms with Crippen molar-refractivity contribution in [3.8, 4) is 0 Å². The molecule has 0 bridgehead atoms. The van der Waals surface area contributed by atoms with Crippen molar-refractivity contribution in [2.24, 2.45) is 0 Å². The van der Waals surface area contributed by atoms with E-state index in [0.717, 1.165) is 25.9 Å². The Morgan fingerprint density at radius 1 is 0.538 bits per heavy atom. The highest BCUT2D eigenvalue weighted by atomic mass is 14.9. The lowest BCUT2D eigenvalue weighted by Crippen LogP contribution is -2.01. The number of aryl methyl sites for hydroxylation is 2. The highest BCUT2D eigenvalue weighted by Gasteiger charge is 1.98. The number of nitrogens with one attached hydrogen (secondary N) is 2. The molecule has 0 fully saturated rings. The lowest BCUT2D eigenvalue weighted by molar-refractivity contribution is 0.744. The molecule has 142 valence electrons. The predicted octanol–water partition coefficient (Wildman–Crippen LogP) is 6.68. The number of anilines is 2. The van der Waals surface area contributed by atoms with Gasteiger partial charge in [-0.1, -0.05) is 63.8 Å². The Bertz CT molecular complexity index is 531. The highest BCUT2D eigenvalue weighted by molar-refractivity contribution is 5.46. The summed E-state index contributed by atoms with van der Waals surface area (Å²) in [7, 11) is 0. The molecular formula is C24H36N2. The van der Waals surface area contributed by atoms with Gasteiger partial charge in [0.25, 0.3) is 0 Å². The van der Waals surface area contributed by atoms with Crippen LogP contribution < -0.4 is 10.6 Å². The van der Waals surface area contributed by atoms with Crippen molar-refractivity contribution < 1.29 is 0 Å². The molecule has 0 aliphatic rings. The molecule has 2 N–H and O–H groups in total. The zero-order valence-electron chi connectivity index (χ0n) is 16.7. The van der Waals surface area contributed by atoms with E-state index in [0.29, 0.717) is 0 Å². The molecule has 0 saturated carbocycles. The Labute approximate surface area is 160 Å². The standard InChI is InChI=1S/C24H36N2/c1-3-5-7-19-25-23-15-11-21(12-16-23)9-10-22-13-17-24(18-14-22)26-20-8-6-4-2/h11-18,25-26H,3-10,19-20H2,1-2H3. The second-order valence-electron chi connectivity index (χ2n) is 7.16. The van der Waals surface area contributed by atoms with Gasteiger partial charge in [-0.15, -0.1) is 0 Å². The van der Waals surface area contributed by atoms with Gasteiger partial charge in [-0.2, -0.15) is 0 Å². The zero-order valence-corrected chi connectivity index (χ0v) is 16.7. The van der Waals surface area contributed by atoms with E-state index in [9.17, 15) is 0 Å². The SMILES string of the molecule is CCCCCNc1ccc(CCc2ccc(NCCCCC)cc2)cc1. The van der Waals surface area contributed by atoms with Crippen LogP contribution in [0.4, 0.5) is 11.4 Å². The normalized spacial score (nSPS) is 10.7. The van der Waals surface area contributed by atoms with Gasteiger partial charge in [0.2, 0.25) is 0 Å². The molecule has 0 radical (unpaired) electrons. The summed E-state index contributed by atoms with van der Waals surface area (Å²) in [6.45, 7) is 6.64. The van der Waals surface area contributed by atoms with Crippen LogP contribution in [-0.4, -0.2) is 13.1 Å². The van der Waals surface area contributed by atoms with E-state index in [2.05, 4.69) is 73.0 Å². The van der Waals surface area contributed by atoms with Crippen LogP contribution in [0.5, 0.6) is 0 Å². The first kappa shape index (κ1) is 20.4. The van der Waals surface area contributed by atoms with E-state index in [4.69, 9.17) is 0 Å². The molecule has 0 atom stereocenters. The second kappa shape index (κ2) is 12.4. The molecule has 0 spiro atoms. The van der Waals surface area contributed by atoms with Crippen LogP contribution >= 0.6 is 0 Å². The van der Waals surface area contributed by atoms with E-state index in [1.165, 1.54) is 61.0 Å². The minimum absolute atomic E-state index is 1.08. The second-order valence-corrected chi connectivity index (χ2v) is 7.16. The quantitative estimate of drug-likeness (QED) is 0.393. The molecule has 0 heterocycles. The molecule has 0 amide bonds. The molecule has 0 aromatic heterocycles. The Hall–Kier alpha value is -1.96. The number of hydrogen-bond donors (Lipinski definition) is 2. The van der Waals surface area contributed by atoms with E-state index in [1.54, 1.807) is 0 Å². The third kappa shape index (κ3) is 7.95. The smallest absolute Gasteiger partial charge is 0.0340 e. The van der Waals surface area contributed by atoms with Crippen molar-refractivity contribution in [2.45, 2.75) is 65.2 Å². The van der Waals surface area contributed by atoms with Crippen molar-refractivity contribution in [2.75, 3.05) is 23.7 Å². The van der Waals surface area contributed by atoms with Crippen LogP contribution in [0.15, 0.2) is 48.5 Å². The first-order valence-electron chi connectivity index (χ1n) is 10.5. The minimum atomic E-state index is 1.08. The summed E-state index contributed by atoms with van der Waals surface area (Å²) in [5.74, 6) is 0. The molecule has 0 aliphatic carbocycles. The van der Waals surface area contributed by atoms with Gasteiger partial charge in [-0.05, 0) is 61.1 Å². The molecule has 2 heteroatoms. The van der Waals surface area contributed by atoms with Gasteiger partial charge in [0, 0.05) is 24.5 Å². The molecule has 2 aromatic carbocycles. The Morgan fingerprint density at radius 2 is 0.923 bits per heavy atom. The Balaban J connectivity index is 1.70. The summed E-state index contributed by atoms with van der Waals surface area (Å²) in [5, 5.41) is 7.01. The van der Waals surface area contributed by atoms with Crippen molar-refractivity contribution in [1.82, 2.24) is 0 Å². The molecule has 2 nitrogen and oxygen atoms in total. The maximum Gasteiger partial charge on any atom is 0.0340 e. The van der Waals surface area contributed by atoms with Gasteiger partial charge >= 0.3 is 0 Å². The third-order valence-electron chi connectivity index (χ3n) is 4.83. The average molecular weight is 353 g/mol. The van der Waals surface area contributed by atoms with Crippen LogP contribution in [0.3, 0.4) is 0 Å². The summed E-state index contributed by atoms with van der Waals surface area (Å²) < 4.78 is 0. The monoisotopic (exact) mass is 352 g/mol. The van der Waals surface area contributed by atoms with Gasteiger partial charge in [0.15, 0.2) is 0 Å². The molecule has 0 unspecified atom stereocenters. The first-order valence-corrected chi connectivity index (χ1v) is 10.5. The van der Waals surface area contributed by atoms with Crippen molar-refractivity contribution in [1.29, 1.82) is 0 Å². The summed E-state index contributed by atoms with van der Waals surface area (Å²) in [6, 6.07) is 17.9. The van der Waals surface area contributed by atoms with Crippen molar-refractivity contribution in [3.05, 3.63) is 59.7 Å². The summed E-state index contributed by atoms with van der Waals surface area (Å²) in [6.07, 6.45) is 9.85. The molecule has 2 rings (SSSR count). The maximum atomic E-state index is 3.50. The fraction of sp³-hybridized carbons (Fsp3) is 0.500. The zero-order chi connectivity index (χ0) is 18.5. The van der Waals surface area contributed by atoms with E-state index in [-0.39, 0.29) is 0 Å². The third-order valence-corrected chi connectivity index (χ3v) is 4.83. The van der Waals surface area contributed by atoms with Gasteiger partial charge in [-0.25, -0.2) is 0 Å². The van der Waals surface area contributed by atoms with E-state index < -0.39 is 0 Å². The minimum Gasteiger partial charge on any atom is -0.385 e. The number of hydrogen-bond acceptors (Lipinski definition) is 2. The van der Waals surface area contributed by atoms with Gasteiger partial charge in [-0.3, -0.25) is 0 Å². The van der Waals surface area contributed by atoms with Gasteiger partial charge in [0.05, 0.1) is 0 Å². The Kier molecular flexibility index (Phi) is 9.71. The molecule has 26 heavy (non-hydrogen) atoms. The fourth-order valence-electron chi connectivity index (χ4n) is 3.08. The van der Waals surface area contributed by atoms with Crippen LogP contribution in [0.2, 0.25) is 0 Å². The highest BCUT2D eigenvalue weighted by Crippen LogP contribution is 2.15. The van der Waals surface area contributed by atoms with Crippen LogP contribution in [0, 0.1) is 0 Å². The first-order chi connectivity index (χ1) is 12.8. The Morgan fingerprint density at radius 3 is 1.27 bits per heavy atom. The fourth-order valence-corrected chi connectivity index (χ4v) is 3.08. The van der Waals surface area contributed by atoms with Gasteiger partial charge < -0.3 is 10.6 Å². The van der Waals surface area contributed by atoms with Crippen LogP contribution in [-0.2, 0) is 12.8 Å². The van der Waals surface area contributed by atoms with E-state index in [1.807, 2.05) is 0 Å². The summed E-state index contributed by atoms with van der Waals surface area (Å²) >= 11 is 0. The lowest BCUT2D eigenvalue weighted by atomic mass is 10.0. The lowest BCUT2D eigenvalue weighted by Gasteiger charge is -2.09. The topological polar surface area (TPSA) is 24.1 Å². The largest absolute Gasteiger partial charge is 0.385 e. The van der Waals surface area contributed by atoms with Gasteiger partial charge in [0.1, 0.15) is 0 Å². The van der Waals surface area contributed by atoms with Crippen LogP contribution in [0.1, 0.15) is 63.5 Å². The predicted molar refractivity (Wildman–Crippen MR) is 116 cm³/mol. The van der Waals surface area contributed by atoms with Crippen molar-refractivity contribution >= 4 is 11.4 Å². The molecule has 2 aromatic rings. The maximum absolute atomic E-state index is 3.50. The number of rotatable bonds is 13. The average Bonchev–Trinajstić information content (AvgIpc) is 2.69. The van der Waals surface area contributed by atoms with E-state index >= 15 is 0 Å². The number of unbranched alkanes of at least 4 members (excludes halogenated alkanes) is 4. The molecule has 0 saturated heterocycles. The van der Waals surface area contributed by atoms with Crippen molar-refractivity contribution in [3.63, 3.8) is 0 Å². The molecular weight excluding hydrogens is 316 g/mol.